The lowest BCUT2D eigenvalue weighted by Crippen LogP contribution is -2.14. The van der Waals surface area contributed by atoms with Crippen LogP contribution >= 0.6 is 11.6 Å². The molecule has 0 aliphatic rings. The Bertz CT molecular complexity index is 528. The Morgan fingerprint density at radius 3 is 2.62 bits per heavy atom. The van der Waals surface area contributed by atoms with Crippen LogP contribution in [0.15, 0.2) is 30.3 Å². The topological polar surface area (TPSA) is 66.5 Å². The number of hydrogen-bond donors (Lipinski definition) is 3. The van der Waals surface area contributed by atoms with E-state index in [9.17, 15) is 5.11 Å². The van der Waals surface area contributed by atoms with Gasteiger partial charge in [-0.15, -0.1) is 0 Å². The Labute approximate surface area is 98.1 Å². The number of halogens is 1. The van der Waals surface area contributed by atoms with Gasteiger partial charge in [0, 0.05) is 10.6 Å². The highest BCUT2D eigenvalue weighted by Crippen LogP contribution is 2.29. The highest BCUT2D eigenvalue weighted by molar-refractivity contribution is 6.31. The van der Waals surface area contributed by atoms with Crippen LogP contribution < -0.4 is 5.73 Å². The van der Waals surface area contributed by atoms with Crippen molar-refractivity contribution >= 4 is 22.4 Å². The zero-order chi connectivity index (χ0) is 11.7. The number of benzene rings is 2. The maximum Gasteiger partial charge on any atom is 0.121 e. The highest BCUT2D eigenvalue weighted by atomic mass is 35.5. The molecule has 2 rings (SSSR count). The van der Waals surface area contributed by atoms with Crippen LogP contribution in [-0.2, 0) is 0 Å². The van der Waals surface area contributed by atoms with E-state index < -0.39 is 6.04 Å². The third-order valence-electron chi connectivity index (χ3n) is 2.54. The number of phenols is 1. The van der Waals surface area contributed by atoms with E-state index in [-0.39, 0.29) is 12.4 Å². The molecule has 0 aliphatic heterocycles. The molecule has 0 fully saturated rings. The van der Waals surface area contributed by atoms with Crippen molar-refractivity contribution in [3.63, 3.8) is 0 Å². The number of fused-ring (bicyclic) bond motifs is 1. The van der Waals surface area contributed by atoms with Gasteiger partial charge in [0.25, 0.3) is 0 Å². The van der Waals surface area contributed by atoms with E-state index in [1.807, 2.05) is 6.07 Å². The van der Waals surface area contributed by atoms with Gasteiger partial charge in [-0.3, -0.25) is 0 Å². The molecule has 2 aromatic carbocycles. The van der Waals surface area contributed by atoms with E-state index >= 15 is 0 Å². The Kier molecular flexibility index (Phi) is 3.01. The quantitative estimate of drug-likeness (QED) is 0.750. The lowest BCUT2D eigenvalue weighted by atomic mass is 10.0. The molecule has 0 heterocycles. The number of aliphatic hydroxyl groups excluding tert-OH is 1. The van der Waals surface area contributed by atoms with Crippen LogP contribution in [0.5, 0.6) is 5.75 Å². The van der Waals surface area contributed by atoms with Gasteiger partial charge in [-0.1, -0.05) is 17.7 Å². The first-order chi connectivity index (χ1) is 7.61. The predicted octanol–water partition coefficient (Wildman–Crippen LogP) is 2.19. The first kappa shape index (κ1) is 11.2. The van der Waals surface area contributed by atoms with Crippen molar-refractivity contribution in [3.8, 4) is 5.75 Å². The average molecular weight is 238 g/mol. The van der Waals surface area contributed by atoms with Crippen LogP contribution in [0.2, 0.25) is 5.02 Å². The summed E-state index contributed by atoms with van der Waals surface area (Å²) in [7, 11) is 0. The van der Waals surface area contributed by atoms with Crippen LogP contribution in [0.1, 0.15) is 11.6 Å². The Morgan fingerprint density at radius 2 is 1.94 bits per heavy atom. The van der Waals surface area contributed by atoms with E-state index in [0.717, 1.165) is 10.8 Å². The average Bonchev–Trinajstić information content (AvgIpc) is 2.28. The summed E-state index contributed by atoms with van der Waals surface area (Å²) in [4.78, 5) is 0. The summed E-state index contributed by atoms with van der Waals surface area (Å²) in [6.45, 7) is -0.209. The SMILES string of the molecule is NC(CO)c1cc2cc(Cl)ccc2cc1O. The van der Waals surface area contributed by atoms with Crippen LogP contribution in [0, 0.1) is 0 Å². The van der Waals surface area contributed by atoms with Crippen molar-refractivity contribution < 1.29 is 10.2 Å². The first-order valence-electron chi connectivity index (χ1n) is 4.90. The van der Waals surface area contributed by atoms with Crippen molar-refractivity contribution in [3.05, 3.63) is 40.9 Å². The van der Waals surface area contributed by atoms with Gasteiger partial charge in [0.15, 0.2) is 0 Å². The van der Waals surface area contributed by atoms with Crippen molar-refractivity contribution in [1.82, 2.24) is 0 Å². The second-order valence-electron chi connectivity index (χ2n) is 3.69. The van der Waals surface area contributed by atoms with Crippen molar-refractivity contribution in [2.24, 2.45) is 5.73 Å². The van der Waals surface area contributed by atoms with Gasteiger partial charge in [-0.05, 0) is 35.0 Å². The summed E-state index contributed by atoms with van der Waals surface area (Å²) >= 11 is 5.88. The van der Waals surface area contributed by atoms with Gasteiger partial charge in [-0.25, -0.2) is 0 Å². The smallest absolute Gasteiger partial charge is 0.121 e. The molecule has 16 heavy (non-hydrogen) atoms. The van der Waals surface area contributed by atoms with E-state index in [2.05, 4.69) is 0 Å². The minimum absolute atomic E-state index is 0.0939. The molecule has 84 valence electrons. The third-order valence-corrected chi connectivity index (χ3v) is 2.78. The summed E-state index contributed by atoms with van der Waals surface area (Å²) < 4.78 is 0. The van der Waals surface area contributed by atoms with Crippen LogP contribution in [0.25, 0.3) is 10.8 Å². The zero-order valence-electron chi connectivity index (χ0n) is 8.52. The molecule has 0 saturated carbocycles. The maximum atomic E-state index is 9.76. The summed E-state index contributed by atoms with van der Waals surface area (Å²) in [6.07, 6.45) is 0. The maximum absolute atomic E-state index is 9.76. The number of aliphatic hydroxyl groups is 1. The standard InChI is InChI=1S/C12H12ClNO2/c13-9-2-1-7-5-12(16)10(11(14)6-15)4-8(7)3-9/h1-5,11,15-16H,6,14H2. The fraction of sp³-hybridized carbons (Fsp3) is 0.167. The second-order valence-corrected chi connectivity index (χ2v) is 4.13. The molecule has 0 aromatic heterocycles. The highest BCUT2D eigenvalue weighted by Gasteiger charge is 2.11. The van der Waals surface area contributed by atoms with Gasteiger partial charge in [0.2, 0.25) is 0 Å². The Balaban J connectivity index is 2.64. The number of aromatic hydroxyl groups is 1. The molecule has 0 amide bonds. The van der Waals surface area contributed by atoms with E-state index in [4.69, 9.17) is 22.4 Å². The molecule has 0 bridgehead atoms. The number of rotatable bonds is 2. The molecule has 1 atom stereocenters. The number of nitrogens with two attached hydrogens (primary N) is 1. The molecular weight excluding hydrogens is 226 g/mol. The van der Waals surface area contributed by atoms with Gasteiger partial charge >= 0.3 is 0 Å². The monoisotopic (exact) mass is 237 g/mol. The molecule has 0 radical (unpaired) electrons. The van der Waals surface area contributed by atoms with Gasteiger partial charge in [0.05, 0.1) is 12.6 Å². The van der Waals surface area contributed by atoms with Crippen molar-refractivity contribution in [2.45, 2.75) is 6.04 Å². The van der Waals surface area contributed by atoms with Crippen LogP contribution in [-0.4, -0.2) is 16.8 Å². The summed E-state index contributed by atoms with van der Waals surface area (Å²) in [5.74, 6) is 0.0939. The van der Waals surface area contributed by atoms with Crippen LogP contribution in [0.4, 0.5) is 0 Å². The lowest BCUT2D eigenvalue weighted by Gasteiger charge is -2.12. The molecule has 4 N–H and O–H groups in total. The molecule has 3 nitrogen and oxygen atoms in total. The molecular formula is C12H12ClNO2. The number of phenolic OH excluding ortho intramolecular Hbond substituents is 1. The normalized spacial score (nSPS) is 12.9. The molecule has 0 spiro atoms. The van der Waals surface area contributed by atoms with Gasteiger partial charge < -0.3 is 15.9 Å². The van der Waals surface area contributed by atoms with Crippen LogP contribution in [0.3, 0.4) is 0 Å². The second kappa shape index (κ2) is 4.29. The first-order valence-corrected chi connectivity index (χ1v) is 5.28. The molecule has 2 aromatic rings. The minimum atomic E-state index is -0.580. The van der Waals surface area contributed by atoms with Crippen molar-refractivity contribution in [2.75, 3.05) is 6.61 Å². The molecule has 0 aliphatic carbocycles. The Hall–Kier alpha value is -1.29. The minimum Gasteiger partial charge on any atom is -0.508 e. The van der Waals surface area contributed by atoms with Gasteiger partial charge in [0.1, 0.15) is 5.75 Å². The molecule has 0 saturated heterocycles. The van der Waals surface area contributed by atoms with E-state index in [0.29, 0.717) is 10.6 Å². The predicted molar refractivity (Wildman–Crippen MR) is 64.6 cm³/mol. The summed E-state index contributed by atoms with van der Waals surface area (Å²) in [5.41, 5.74) is 6.21. The fourth-order valence-corrected chi connectivity index (χ4v) is 1.85. The summed E-state index contributed by atoms with van der Waals surface area (Å²) in [6, 6.07) is 8.17. The number of hydrogen-bond acceptors (Lipinski definition) is 3. The molecule has 4 heteroatoms. The molecule has 1 unspecified atom stereocenters. The Morgan fingerprint density at radius 1 is 1.19 bits per heavy atom. The largest absolute Gasteiger partial charge is 0.508 e. The summed E-state index contributed by atoms with van der Waals surface area (Å²) in [5, 5.41) is 21.1. The van der Waals surface area contributed by atoms with Gasteiger partial charge in [-0.2, -0.15) is 0 Å². The zero-order valence-corrected chi connectivity index (χ0v) is 9.28. The van der Waals surface area contributed by atoms with E-state index in [1.54, 1.807) is 24.3 Å². The van der Waals surface area contributed by atoms with Crippen molar-refractivity contribution in [1.29, 1.82) is 0 Å². The van der Waals surface area contributed by atoms with E-state index in [1.165, 1.54) is 0 Å². The third kappa shape index (κ3) is 1.97. The fourth-order valence-electron chi connectivity index (χ4n) is 1.67. The lowest BCUT2D eigenvalue weighted by molar-refractivity contribution is 0.265.